The second kappa shape index (κ2) is 7.54. The zero-order valence-electron chi connectivity index (χ0n) is 16.3. The van der Waals surface area contributed by atoms with Gasteiger partial charge in [0.25, 0.3) is 0 Å². The molecular weight excluding hydrogens is 338 g/mol. The average Bonchev–Trinajstić information content (AvgIpc) is 2.54. The van der Waals surface area contributed by atoms with Crippen molar-refractivity contribution in [2.45, 2.75) is 65.5 Å². The molecule has 1 aliphatic rings. The van der Waals surface area contributed by atoms with Crippen LogP contribution in [0, 0.1) is 6.92 Å². The van der Waals surface area contributed by atoms with E-state index in [2.05, 4.69) is 6.92 Å². The predicted octanol–water partition coefficient (Wildman–Crippen LogP) is 4.06. The van der Waals surface area contributed by atoms with E-state index in [9.17, 15) is 8.42 Å². The number of sulfonamides is 1. The third-order valence-electron chi connectivity index (χ3n) is 4.76. The number of ether oxygens (including phenoxy) is 2. The minimum Gasteiger partial charge on any atom is -0.496 e. The molecule has 0 spiro atoms. The van der Waals surface area contributed by atoms with Gasteiger partial charge in [-0.3, -0.25) is 0 Å². The van der Waals surface area contributed by atoms with Crippen LogP contribution in [-0.2, 0) is 10.0 Å². The van der Waals surface area contributed by atoms with Gasteiger partial charge >= 0.3 is 0 Å². The molecule has 142 valence electrons. The molecule has 25 heavy (non-hydrogen) atoms. The van der Waals surface area contributed by atoms with E-state index < -0.39 is 15.6 Å². The van der Waals surface area contributed by atoms with Gasteiger partial charge in [-0.15, -0.1) is 0 Å². The SMILES string of the molecule is CCCCN(C1CC(C)(C)Oc2cc(OC)c(C)cc21)S(=O)(=O)CC. The maximum absolute atomic E-state index is 12.8. The van der Waals surface area contributed by atoms with Gasteiger partial charge in [0.15, 0.2) is 0 Å². The number of aryl methyl sites for hydroxylation is 1. The topological polar surface area (TPSA) is 55.8 Å². The normalized spacial score (nSPS) is 19.4. The molecule has 1 aliphatic heterocycles. The molecule has 0 saturated heterocycles. The first-order valence-corrected chi connectivity index (χ1v) is 10.6. The number of benzene rings is 1. The van der Waals surface area contributed by atoms with E-state index in [4.69, 9.17) is 9.47 Å². The van der Waals surface area contributed by atoms with Crippen molar-refractivity contribution in [3.8, 4) is 11.5 Å². The number of rotatable bonds is 7. The maximum atomic E-state index is 12.8. The van der Waals surface area contributed by atoms with Gasteiger partial charge in [-0.05, 0) is 45.7 Å². The molecule has 0 amide bonds. The fourth-order valence-electron chi connectivity index (χ4n) is 3.40. The predicted molar refractivity (Wildman–Crippen MR) is 101 cm³/mol. The quantitative estimate of drug-likeness (QED) is 0.727. The lowest BCUT2D eigenvalue weighted by Gasteiger charge is -2.42. The Balaban J connectivity index is 2.57. The van der Waals surface area contributed by atoms with E-state index in [1.807, 2.05) is 32.9 Å². The monoisotopic (exact) mass is 369 g/mol. The van der Waals surface area contributed by atoms with Crippen LogP contribution in [0.1, 0.15) is 64.1 Å². The minimum atomic E-state index is -3.31. The van der Waals surface area contributed by atoms with Gasteiger partial charge < -0.3 is 9.47 Å². The first-order valence-electron chi connectivity index (χ1n) is 9.02. The standard InChI is InChI=1S/C19H31NO4S/c1-7-9-10-20(25(21,22)8-2)16-13-19(4,5)24-18-12-17(23-6)14(3)11-15(16)18/h11-12,16H,7-10,13H2,1-6H3. The summed E-state index contributed by atoms with van der Waals surface area (Å²) in [6.07, 6.45) is 2.44. The highest BCUT2D eigenvalue weighted by atomic mass is 32.2. The zero-order valence-corrected chi connectivity index (χ0v) is 17.1. The van der Waals surface area contributed by atoms with Crippen molar-refractivity contribution in [2.24, 2.45) is 0 Å². The number of hydrogen-bond donors (Lipinski definition) is 0. The van der Waals surface area contributed by atoms with Crippen molar-refractivity contribution in [2.75, 3.05) is 19.4 Å². The molecule has 1 heterocycles. The Morgan fingerprint density at radius 2 is 2.00 bits per heavy atom. The van der Waals surface area contributed by atoms with Crippen LogP contribution >= 0.6 is 0 Å². The highest BCUT2D eigenvalue weighted by Crippen LogP contribution is 2.46. The van der Waals surface area contributed by atoms with E-state index in [1.54, 1.807) is 18.3 Å². The Hall–Kier alpha value is -1.27. The van der Waals surface area contributed by atoms with Gasteiger partial charge in [0.1, 0.15) is 17.1 Å². The largest absolute Gasteiger partial charge is 0.496 e. The molecule has 1 unspecified atom stereocenters. The second-order valence-corrected chi connectivity index (χ2v) is 9.52. The Morgan fingerprint density at radius 1 is 1.32 bits per heavy atom. The first-order chi connectivity index (χ1) is 11.6. The number of methoxy groups -OCH3 is 1. The fourth-order valence-corrected chi connectivity index (χ4v) is 4.72. The van der Waals surface area contributed by atoms with Crippen molar-refractivity contribution in [3.63, 3.8) is 0 Å². The van der Waals surface area contributed by atoms with E-state index >= 15 is 0 Å². The Bertz CT molecular complexity index is 712. The summed E-state index contributed by atoms with van der Waals surface area (Å²) < 4.78 is 38.8. The molecule has 1 aromatic rings. The highest BCUT2D eigenvalue weighted by Gasteiger charge is 2.40. The molecule has 0 radical (unpaired) electrons. The van der Waals surface area contributed by atoms with E-state index in [0.29, 0.717) is 13.0 Å². The van der Waals surface area contributed by atoms with Crippen LogP contribution in [0.2, 0.25) is 0 Å². The maximum Gasteiger partial charge on any atom is 0.214 e. The summed E-state index contributed by atoms with van der Waals surface area (Å²) in [5.41, 5.74) is 1.48. The van der Waals surface area contributed by atoms with Crippen LogP contribution in [0.3, 0.4) is 0 Å². The second-order valence-electron chi connectivity index (χ2n) is 7.31. The van der Waals surface area contributed by atoms with Crippen molar-refractivity contribution < 1.29 is 17.9 Å². The molecule has 5 nitrogen and oxygen atoms in total. The van der Waals surface area contributed by atoms with E-state index in [-0.39, 0.29) is 11.8 Å². The van der Waals surface area contributed by atoms with E-state index in [0.717, 1.165) is 35.5 Å². The molecule has 0 fully saturated rings. The summed E-state index contributed by atoms with van der Waals surface area (Å²) in [7, 11) is -1.67. The smallest absolute Gasteiger partial charge is 0.214 e. The van der Waals surface area contributed by atoms with Gasteiger partial charge in [-0.1, -0.05) is 13.3 Å². The van der Waals surface area contributed by atoms with E-state index in [1.165, 1.54) is 0 Å². The van der Waals surface area contributed by atoms with Crippen LogP contribution in [0.5, 0.6) is 11.5 Å². The molecule has 2 rings (SSSR count). The van der Waals surface area contributed by atoms with Crippen LogP contribution in [-0.4, -0.2) is 37.7 Å². The highest BCUT2D eigenvalue weighted by molar-refractivity contribution is 7.89. The van der Waals surface area contributed by atoms with Crippen LogP contribution in [0.4, 0.5) is 0 Å². The molecule has 1 atom stereocenters. The third kappa shape index (κ3) is 4.29. The summed E-state index contributed by atoms with van der Waals surface area (Å²) in [4.78, 5) is 0. The third-order valence-corrected chi connectivity index (χ3v) is 6.64. The van der Waals surface area contributed by atoms with Crippen molar-refractivity contribution in [3.05, 3.63) is 23.3 Å². The number of hydrogen-bond acceptors (Lipinski definition) is 4. The molecule has 6 heteroatoms. The molecule has 0 saturated carbocycles. The van der Waals surface area contributed by atoms with Gasteiger partial charge in [-0.2, -0.15) is 4.31 Å². The van der Waals surface area contributed by atoms with Crippen molar-refractivity contribution >= 4 is 10.0 Å². The average molecular weight is 370 g/mol. The number of unbranched alkanes of at least 4 members (excludes halogenated alkanes) is 1. The molecule has 0 aliphatic carbocycles. The lowest BCUT2D eigenvalue weighted by atomic mass is 9.88. The van der Waals surface area contributed by atoms with Crippen LogP contribution < -0.4 is 9.47 Å². The van der Waals surface area contributed by atoms with Crippen molar-refractivity contribution in [1.82, 2.24) is 4.31 Å². The van der Waals surface area contributed by atoms with Gasteiger partial charge in [0, 0.05) is 24.6 Å². The summed E-state index contributed by atoms with van der Waals surface area (Å²) in [5, 5.41) is 0. The molecule has 0 N–H and O–H groups in total. The van der Waals surface area contributed by atoms with Gasteiger partial charge in [0.05, 0.1) is 18.9 Å². The lowest BCUT2D eigenvalue weighted by molar-refractivity contribution is 0.0498. The summed E-state index contributed by atoms with van der Waals surface area (Å²) in [5.74, 6) is 1.59. The van der Waals surface area contributed by atoms with Gasteiger partial charge in [0.2, 0.25) is 10.0 Å². The van der Waals surface area contributed by atoms with Crippen molar-refractivity contribution in [1.29, 1.82) is 0 Å². The Kier molecular flexibility index (Phi) is 6.05. The molecule has 1 aromatic carbocycles. The Morgan fingerprint density at radius 3 is 2.56 bits per heavy atom. The number of nitrogens with zero attached hydrogens (tertiary/aromatic N) is 1. The van der Waals surface area contributed by atoms with Crippen LogP contribution in [0.15, 0.2) is 12.1 Å². The zero-order chi connectivity index (χ0) is 18.8. The summed E-state index contributed by atoms with van der Waals surface area (Å²) >= 11 is 0. The van der Waals surface area contributed by atoms with Gasteiger partial charge in [-0.25, -0.2) is 8.42 Å². The summed E-state index contributed by atoms with van der Waals surface area (Å²) in [6.45, 7) is 10.3. The minimum absolute atomic E-state index is 0.110. The molecular formula is C19H31NO4S. The Labute approximate surface area is 152 Å². The summed E-state index contributed by atoms with van der Waals surface area (Å²) in [6, 6.07) is 3.69. The number of fused-ring (bicyclic) bond motifs is 1. The molecule has 0 aromatic heterocycles. The fraction of sp³-hybridized carbons (Fsp3) is 0.684. The first kappa shape index (κ1) is 20.0. The molecule has 0 bridgehead atoms. The van der Waals surface area contributed by atoms with Crippen LogP contribution in [0.25, 0.3) is 0 Å². The lowest BCUT2D eigenvalue weighted by Crippen LogP contribution is -2.44.